The van der Waals surface area contributed by atoms with Crippen LogP contribution in [0.2, 0.25) is 0 Å². The van der Waals surface area contributed by atoms with Gasteiger partial charge in [0.1, 0.15) is 12.4 Å². The highest BCUT2D eigenvalue weighted by molar-refractivity contribution is 5.79. The lowest BCUT2D eigenvalue weighted by molar-refractivity contribution is -0.127. The lowest BCUT2D eigenvalue weighted by Gasteiger charge is -2.24. The molecule has 1 aliphatic carbocycles. The number of rotatable bonds is 6. The van der Waals surface area contributed by atoms with Crippen molar-refractivity contribution in [2.75, 3.05) is 13.2 Å². The van der Waals surface area contributed by atoms with Gasteiger partial charge in [0.05, 0.1) is 6.54 Å². The van der Waals surface area contributed by atoms with Crippen molar-refractivity contribution in [3.63, 3.8) is 0 Å². The zero-order chi connectivity index (χ0) is 13.7. The molecule has 0 unspecified atom stereocenters. The van der Waals surface area contributed by atoms with Gasteiger partial charge in [0, 0.05) is 5.92 Å². The average Bonchev–Trinajstić information content (AvgIpc) is 2.33. The summed E-state index contributed by atoms with van der Waals surface area (Å²) in [6.45, 7) is 5.42. The van der Waals surface area contributed by atoms with Gasteiger partial charge in [-0.05, 0) is 30.4 Å². The van der Waals surface area contributed by atoms with Crippen molar-refractivity contribution in [3.05, 3.63) is 29.8 Å². The van der Waals surface area contributed by atoms with E-state index in [1.165, 1.54) is 12.0 Å². The van der Waals surface area contributed by atoms with Gasteiger partial charge in [-0.25, -0.2) is 0 Å². The molecule has 1 aromatic rings. The Bertz CT molecular complexity index is 425. The standard InChI is InChI=1S/C16H23NO2/c1-12(2)14-8-3-4-9-15(14)19-11-10-17-16(18)13-6-5-7-13/h3-4,8-9,12-13H,5-7,10-11H2,1-2H3,(H,17,18). The van der Waals surface area contributed by atoms with Crippen LogP contribution in [0.1, 0.15) is 44.6 Å². The molecular weight excluding hydrogens is 238 g/mol. The summed E-state index contributed by atoms with van der Waals surface area (Å²) >= 11 is 0. The molecule has 1 aliphatic rings. The minimum absolute atomic E-state index is 0.187. The van der Waals surface area contributed by atoms with E-state index in [0.29, 0.717) is 19.1 Å². The van der Waals surface area contributed by atoms with Gasteiger partial charge in [-0.15, -0.1) is 0 Å². The predicted molar refractivity (Wildman–Crippen MR) is 76.4 cm³/mol. The van der Waals surface area contributed by atoms with Crippen molar-refractivity contribution in [1.29, 1.82) is 0 Å². The first-order valence-corrected chi connectivity index (χ1v) is 7.18. The normalized spacial score (nSPS) is 15.1. The zero-order valence-electron chi connectivity index (χ0n) is 11.8. The molecule has 0 aliphatic heterocycles. The van der Waals surface area contributed by atoms with Crippen molar-refractivity contribution < 1.29 is 9.53 Å². The van der Waals surface area contributed by atoms with Gasteiger partial charge >= 0.3 is 0 Å². The van der Waals surface area contributed by atoms with Gasteiger partial charge in [0.25, 0.3) is 0 Å². The van der Waals surface area contributed by atoms with Crippen LogP contribution in [0.3, 0.4) is 0 Å². The van der Waals surface area contributed by atoms with E-state index in [1.54, 1.807) is 0 Å². The third kappa shape index (κ3) is 3.72. The first-order chi connectivity index (χ1) is 9.18. The Morgan fingerprint density at radius 2 is 2.11 bits per heavy atom. The van der Waals surface area contributed by atoms with E-state index < -0.39 is 0 Å². The molecule has 1 saturated carbocycles. The minimum Gasteiger partial charge on any atom is -0.491 e. The third-order valence-corrected chi connectivity index (χ3v) is 3.68. The fourth-order valence-corrected chi connectivity index (χ4v) is 2.24. The number of carbonyl (C=O) groups is 1. The summed E-state index contributed by atoms with van der Waals surface area (Å²) in [5.74, 6) is 1.81. The first-order valence-electron chi connectivity index (χ1n) is 7.18. The maximum atomic E-state index is 11.6. The lowest BCUT2D eigenvalue weighted by atomic mass is 9.85. The molecule has 0 aromatic heterocycles. The van der Waals surface area contributed by atoms with Crippen molar-refractivity contribution in [2.24, 2.45) is 5.92 Å². The second kappa shape index (κ2) is 6.60. The molecule has 0 atom stereocenters. The van der Waals surface area contributed by atoms with Crippen LogP contribution in [0.4, 0.5) is 0 Å². The number of hydrogen-bond acceptors (Lipinski definition) is 2. The summed E-state index contributed by atoms with van der Waals surface area (Å²) in [5, 5.41) is 2.94. The molecule has 3 heteroatoms. The molecule has 0 heterocycles. The van der Waals surface area contributed by atoms with Crippen LogP contribution in [-0.2, 0) is 4.79 Å². The van der Waals surface area contributed by atoms with Gasteiger partial charge in [0.15, 0.2) is 0 Å². The Morgan fingerprint density at radius 3 is 2.74 bits per heavy atom. The van der Waals surface area contributed by atoms with Crippen molar-refractivity contribution >= 4 is 5.91 Å². The van der Waals surface area contributed by atoms with Crippen LogP contribution in [0.15, 0.2) is 24.3 Å². The summed E-state index contributed by atoms with van der Waals surface area (Å²) in [7, 11) is 0. The Balaban J connectivity index is 1.74. The summed E-state index contributed by atoms with van der Waals surface area (Å²) in [6.07, 6.45) is 3.28. The molecule has 104 valence electrons. The van der Waals surface area contributed by atoms with Gasteiger partial charge < -0.3 is 10.1 Å². The summed E-state index contributed by atoms with van der Waals surface area (Å²) in [6, 6.07) is 8.09. The monoisotopic (exact) mass is 261 g/mol. The highest BCUT2D eigenvalue weighted by atomic mass is 16.5. The molecule has 1 fully saturated rings. The number of para-hydroxylation sites is 1. The molecule has 1 aromatic carbocycles. The van der Waals surface area contributed by atoms with Crippen LogP contribution in [0, 0.1) is 5.92 Å². The van der Waals surface area contributed by atoms with E-state index in [1.807, 2.05) is 18.2 Å². The number of carbonyl (C=O) groups excluding carboxylic acids is 1. The predicted octanol–water partition coefficient (Wildman–Crippen LogP) is 3.11. The van der Waals surface area contributed by atoms with Crippen LogP contribution in [-0.4, -0.2) is 19.1 Å². The van der Waals surface area contributed by atoms with Gasteiger partial charge in [-0.1, -0.05) is 38.5 Å². The van der Waals surface area contributed by atoms with E-state index in [-0.39, 0.29) is 11.8 Å². The first kappa shape index (κ1) is 13.9. The van der Waals surface area contributed by atoms with Crippen molar-refractivity contribution in [3.8, 4) is 5.75 Å². The number of benzene rings is 1. The molecule has 0 saturated heterocycles. The second-order valence-electron chi connectivity index (χ2n) is 5.46. The van der Waals surface area contributed by atoms with E-state index in [2.05, 4.69) is 25.2 Å². The van der Waals surface area contributed by atoms with Crippen molar-refractivity contribution in [1.82, 2.24) is 5.32 Å². The van der Waals surface area contributed by atoms with Crippen LogP contribution in [0.5, 0.6) is 5.75 Å². The smallest absolute Gasteiger partial charge is 0.223 e. The van der Waals surface area contributed by atoms with E-state index in [4.69, 9.17) is 4.74 Å². The fourth-order valence-electron chi connectivity index (χ4n) is 2.24. The van der Waals surface area contributed by atoms with E-state index in [0.717, 1.165) is 18.6 Å². The van der Waals surface area contributed by atoms with Crippen LogP contribution in [0.25, 0.3) is 0 Å². The molecule has 0 bridgehead atoms. The molecule has 1 N–H and O–H groups in total. The minimum atomic E-state index is 0.187. The van der Waals surface area contributed by atoms with Gasteiger partial charge in [0.2, 0.25) is 5.91 Å². The van der Waals surface area contributed by atoms with E-state index >= 15 is 0 Å². The maximum absolute atomic E-state index is 11.6. The highest BCUT2D eigenvalue weighted by Crippen LogP contribution is 2.26. The van der Waals surface area contributed by atoms with Gasteiger partial charge in [-0.3, -0.25) is 4.79 Å². The summed E-state index contributed by atoms with van der Waals surface area (Å²) in [5.41, 5.74) is 1.22. The molecule has 2 rings (SSSR count). The molecule has 3 nitrogen and oxygen atoms in total. The topological polar surface area (TPSA) is 38.3 Å². The zero-order valence-corrected chi connectivity index (χ0v) is 11.8. The molecular formula is C16H23NO2. The van der Waals surface area contributed by atoms with Crippen molar-refractivity contribution in [2.45, 2.75) is 39.0 Å². The molecule has 0 radical (unpaired) electrons. The van der Waals surface area contributed by atoms with Gasteiger partial charge in [-0.2, -0.15) is 0 Å². The number of hydrogen-bond donors (Lipinski definition) is 1. The number of ether oxygens (including phenoxy) is 1. The average molecular weight is 261 g/mol. The third-order valence-electron chi connectivity index (χ3n) is 3.68. The molecule has 19 heavy (non-hydrogen) atoms. The quantitative estimate of drug-likeness (QED) is 0.799. The molecule has 0 spiro atoms. The summed E-state index contributed by atoms with van der Waals surface area (Å²) in [4.78, 5) is 11.6. The Labute approximate surface area is 115 Å². The molecule has 1 amide bonds. The summed E-state index contributed by atoms with van der Waals surface area (Å²) < 4.78 is 5.77. The largest absolute Gasteiger partial charge is 0.491 e. The Hall–Kier alpha value is -1.51. The maximum Gasteiger partial charge on any atom is 0.223 e. The number of nitrogens with one attached hydrogen (secondary N) is 1. The van der Waals surface area contributed by atoms with E-state index in [9.17, 15) is 4.79 Å². The van der Waals surface area contributed by atoms with Crippen LogP contribution < -0.4 is 10.1 Å². The Morgan fingerprint density at radius 1 is 1.37 bits per heavy atom. The fraction of sp³-hybridized carbons (Fsp3) is 0.562. The second-order valence-corrected chi connectivity index (χ2v) is 5.46. The Kier molecular flexibility index (Phi) is 4.83. The SMILES string of the molecule is CC(C)c1ccccc1OCCNC(=O)C1CCC1. The lowest BCUT2D eigenvalue weighted by Crippen LogP contribution is -2.36. The van der Waals surface area contributed by atoms with Crippen LogP contribution >= 0.6 is 0 Å². The highest BCUT2D eigenvalue weighted by Gasteiger charge is 2.24. The number of amides is 1.